The molecule has 4 nitrogen and oxygen atoms in total. The number of rotatable bonds is 0. The van der Waals surface area contributed by atoms with E-state index in [4.69, 9.17) is 4.84 Å². The van der Waals surface area contributed by atoms with E-state index < -0.39 is 0 Å². The van der Waals surface area contributed by atoms with Gasteiger partial charge in [0.05, 0.1) is 6.61 Å². The van der Waals surface area contributed by atoms with Gasteiger partial charge in [0, 0.05) is 6.54 Å². The van der Waals surface area contributed by atoms with Crippen LogP contribution < -0.4 is 16.5 Å². The standard InChI is InChI=1S/C3H9N3O/c1-2-4-5-6-7-3-1/h4-6H,1-3H2. The molecule has 1 heterocycles. The zero-order chi connectivity index (χ0) is 4.95. The van der Waals surface area contributed by atoms with Crippen molar-refractivity contribution in [3.05, 3.63) is 0 Å². The topological polar surface area (TPSA) is 45.3 Å². The smallest absolute Gasteiger partial charge is 0.0711 e. The van der Waals surface area contributed by atoms with Gasteiger partial charge in [0.1, 0.15) is 0 Å². The summed E-state index contributed by atoms with van der Waals surface area (Å²) in [5, 5.41) is 0. The highest BCUT2D eigenvalue weighted by Crippen LogP contribution is 1.76. The first-order chi connectivity index (χ1) is 3.50. The largest absolute Gasteiger partial charge is 0.286 e. The molecular weight excluding hydrogens is 94.1 g/mol. The molecule has 3 N–H and O–H groups in total. The van der Waals surface area contributed by atoms with E-state index in [0.717, 1.165) is 19.6 Å². The maximum atomic E-state index is 4.77. The third kappa shape index (κ3) is 1.84. The minimum Gasteiger partial charge on any atom is -0.286 e. The van der Waals surface area contributed by atoms with Gasteiger partial charge in [0.15, 0.2) is 0 Å². The Balaban J connectivity index is 2.04. The lowest BCUT2D eigenvalue weighted by Crippen LogP contribution is -2.40. The second-order valence-electron chi connectivity index (χ2n) is 1.36. The van der Waals surface area contributed by atoms with E-state index >= 15 is 0 Å². The molecule has 0 bridgehead atoms. The SMILES string of the molecule is C1CNNNOC1. The van der Waals surface area contributed by atoms with Crippen LogP contribution in [0.2, 0.25) is 0 Å². The Morgan fingerprint density at radius 2 is 2.43 bits per heavy atom. The van der Waals surface area contributed by atoms with Gasteiger partial charge >= 0.3 is 0 Å². The zero-order valence-corrected chi connectivity index (χ0v) is 4.03. The maximum absolute atomic E-state index is 4.77. The molecule has 0 aliphatic carbocycles. The average Bonchev–Trinajstić information content (AvgIpc) is 1.90. The first-order valence-corrected chi connectivity index (χ1v) is 2.35. The van der Waals surface area contributed by atoms with Gasteiger partial charge in [0.2, 0.25) is 0 Å². The third-order valence-corrected chi connectivity index (χ3v) is 0.760. The fourth-order valence-electron chi connectivity index (χ4n) is 0.418. The Hall–Kier alpha value is -0.160. The van der Waals surface area contributed by atoms with Gasteiger partial charge < -0.3 is 0 Å². The number of hydrogen-bond acceptors (Lipinski definition) is 4. The molecule has 0 atom stereocenters. The van der Waals surface area contributed by atoms with Gasteiger partial charge in [-0.3, -0.25) is 4.84 Å². The van der Waals surface area contributed by atoms with Crippen molar-refractivity contribution in [3.8, 4) is 0 Å². The normalized spacial score (nSPS) is 24.0. The summed E-state index contributed by atoms with van der Waals surface area (Å²) >= 11 is 0. The van der Waals surface area contributed by atoms with E-state index in [0.29, 0.717) is 0 Å². The summed E-state index contributed by atoms with van der Waals surface area (Å²) in [4.78, 5) is 4.77. The van der Waals surface area contributed by atoms with Crippen LogP contribution in [0, 0.1) is 0 Å². The van der Waals surface area contributed by atoms with Gasteiger partial charge in [-0.1, -0.05) is 0 Å². The molecule has 1 rings (SSSR count). The molecule has 0 saturated carbocycles. The molecular formula is C3H9N3O. The predicted octanol–water partition coefficient (Wildman–Crippen LogP) is -1.08. The van der Waals surface area contributed by atoms with Gasteiger partial charge in [0.25, 0.3) is 0 Å². The van der Waals surface area contributed by atoms with Crippen LogP contribution in [-0.4, -0.2) is 13.2 Å². The number of hydrazine groups is 2. The summed E-state index contributed by atoms with van der Waals surface area (Å²) in [6.07, 6.45) is 1.04. The second-order valence-corrected chi connectivity index (χ2v) is 1.36. The monoisotopic (exact) mass is 103 g/mol. The molecule has 1 aliphatic heterocycles. The molecule has 0 radical (unpaired) electrons. The maximum Gasteiger partial charge on any atom is 0.0711 e. The lowest BCUT2D eigenvalue weighted by atomic mass is 10.5. The minimum absolute atomic E-state index is 0.764. The summed E-state index contributed by atoms with van der Waals surface area (Å²) in [5.41, 5.74) is 7.97. The van der Waals surface area contributed by atoms with E-state index in [9.17, 15) is 0 Å². The molecule has 1 fully saturated rings. The van der Waals surface area contributed by atoms with Crippen LogP contribution in [0.1, 0.15) is 6.42 Å². The molecule has 42 valence electrons. The molecule has 0 spiro atoms. The van der Waals surface area contributed by atoms with E-state index in [1.54, 1.807) is 0 Å². The lowest BCUT2D eigenvalue weighted by molar-refractivity contribution is 0.0180. The van der Waals surface area contributed by atoms with Crippen LogP contribution in [-0.2, 0) is 4.84 Å². The Bertz CT molecular complexity index is 29.8. The molecule has 0 aromatic heterocycles. The van der Waals surface area contributed by atoms with Crippen molar-refractivity contribution >= 4 is 0 Å². The fourth-order valence-corrected chi connectivity index (χ4v) is 0.418. The minimum atomic E-state index is 0.764. The summed E-state index contributed by atoms with van der Waals surface area (Å²) in [6, 6.07) is 0. The summed E-state index contributed by atoms with van der Waals surface area (Å²) in [5.74, 6) is 0. The van der Waals surface area contributed by atoms with Crippen molar-refractivity contribution in [2.24, 2.45) is 0 Å². The van der Waals surface area contributed by atoms with Crippen LogP contribution in [0.4, 0.5) is 0 Å². The van der Waals surface area contributed by atoms with E-state index in [2.05, 4.69) is 16.5 Å². The molecule has 0 aromatic carbocycles. The third-order valence-electron chi connectivity index (χ3n) is 0.760. The molecule has 1 saturated heterocycles. The van der Waals surface area contributed by atoms with Crippen LogP contribution in [0.5, 0.6) is 0 Å². The van der Waals surface area contributed by atoms with Gasteiger partial charge in [-0.25, -0.2) is 5.43 Å². The van der Waals surface area contributed by atoms with Crippen LogP contribution in [0.15, 0.2) is 0 Å². The van der Waals surface area contributed by atoms with Crippen molar-refractivity contribution in [3.63, 3.8) is 0 Å². The van der Waals surface area contributed by atoms with Gasteiger partial charge in [-0.05, 0) is 6.42 Å². The van der Waals surface area contributed by atoms with Crippen LogP contribution in [0.25, 0.3) is 0 Å². The van der Waals surface area contributed by atoms with Crippen molar-refractivity contribution in [1.82, 2.24) is 16.5 Å². The predicted molar refractivity (Wildman–Crippen MR) is 24.8 cm³/mol. The molecule has 4 heteroatoms. The van der Waals surface area contributed by atoms with E-state index in [-0.39, 0.29) is 0 Å². The van der Waals surface area contributed by atoms with Crippen molar-refractivity contribution in [1.29, 1.82) is 0 Å². The number of hydrogen-bond donors (Lipinski definition) is 3. The van der Waals surface area contributed by atoms with E-state index in [1.165, 1.54) is 0 Å². The Kier molecular flexibility index (Phi) is 2.08. The van der Waals surface area contributed by atoms with Gasteiger partial charge in [-0.2, -0.15) is 5.53 Å². The molecule has 0 amide bonds. The zero-order valence-electron chi connectivity index (χ0n) is 4.03. The summed E-state index contributed by atoms with van der Waals surface area (Å²) in [6.45, 7) is 1.72. The molecule has 1 aliphatic rings. The van der Waals surface area contributed by atoms with Crippen molar-refractivity contribution < 1.29 is 4.84 Å². The highest BCUT2D eigenvalue weighted by Gasteiger charge is 1.91. The number of nitrogens with one attached hydrogen (secondary N) is 3. The first kappa shape index (κ1) is 4.99. The average molecular weight is 103 g/mol. The molecule has 0 aromatic rings. The van der Waals surface area contributed by atoms with E-state index in [1.807, 2.05) is 0 Å². The quantitative estimate of drug-likeness (QED) is 0.365. The summed E-state index contributed by atoms with van der Waals surface area (Å²) in [7, 11) is 0. The second kappa shape index (κ2) is 2.92. The first-order valence-electron chi connectivity index (χ1n) is 2.35. The molecule has 0 unspecified atom stereocenters. The fraction of sp³-hybridized carbons (Fsp3) is 1.00. The molecule has 7 heavy (non-hydrogen) atoms. The van der Waals surface area contributed by atoms with Crippen molar-refractivity contribution in [2.75, 3.05) is 13.2 Å². The highest BCUT2D eigenvalue weighted by atomic mass is 16.7. The highest BCUT2D eigenvalue weighted by molar-refractivity contribution is 4.39. The van der Waals surface area contributed by atoms with Crippen LogP contribution in [0.3, 0.4) is 0 Å². The Morgan fingerprint density at radius 3 is 3.43 bits per heavy atom. The van der Waals surface area contributed by atoms with Crippen LogP contribution >= 0.6 is 0 Å². The van der Waals surface area contributed by atoms with Crippen molar-refractivity contribution in [2.45, 2.75) is 6.42 Å². The Morgan fingerprint density at radius 1 is 1.43 bits per heavy atom. The van der Waals surface area contributed by atoms with Gasteiger partial charge in [-0.15, -0.1) is 5.59 Å². The summed E-state index contributed by atoms with van der Waals surface area (Å²) < 4.78 is 0. The lowest BCUT2D eigenvalue weighted by Gasteiger charge is -1.97. The Labute approximate surface area is 42.1 Å².